The topological polar surface area (TPSA) is 117 Å². The Morgan fingerprint density at radius 3 is 2.50 bits per heavy atom. The molecule has 1 fully saturated rings. The number of carbonyl (C=O) groups excluding carboxylic acids is 2. The molecule has 170 valence electrons. The molecule has 2 amide bonds. The standard InChI is InChI=1S/C19H37N2O7P.Na/c1-3-26-15-9-7-13-20-19(23)17-11-10-14-21(17)18(22)12-6-5-8-16-28-29(24,25)27-4-2;/h17H,3-16H2,1-2H3,(H,20,23)(H,24,25);/q;+1/p-1/t17-;/m0./s1. The number of unbranched alkanes of at least 4 members (excludes halogenated alkanes) is 3. The Hall–Kier alpha value is 0.01000. The van der Waals surface area contributed by atoms with Gasteiger partial charge in [0.05, 0.1) is 13.2 Å². The van der Waals surface area contributed by atoms with Gasteiger partial charge < -0.3 is 28.9 Å². The largest absolute Gasteiger partial charge is 1.00 e. The Morgan fingerprint density at radius 1 is 1.07 bits per heavy atom. The van der Waals surface area contributed by atoms with Gasteiger partial charge in [0.2, 0.25) is 11.8 Å². The molecule has 0 saturated carbocycles. The van der Waals surface area contributed by atoms with Crippen LogP contribution < -0.4 is 39.8 Å². The number of nitrogens with zero attached hydrogens (tertiary/aromatic N) is 1. The van der Waals surface area contributed by atoms with Crippen LogP contribution in [0.2, 0.25) is 0 Å². The summed E-state index contributed by atoms with van der Waals surface area (Å²) in [4.78, 5) is 37.8. The molecule has 0 aromatic carbocycles. The fourth-order valence-corrected chi connectivity index (χ4v) is 3.95. The molecule has 1 aliphatic heterocycles. The SMILES string of the molecule is CCOCCCCNC(=O)[C@@H]1CCCN1C(=O)CCCCCOP(=O)([O-])OCC.[Na+]. The summed E-state index contributed by atoms with van der Waals surface area (Å²) < 4.78 is 25.8. The number of phosphoric ester groups is 1. The van der Waals surface area contributed by atoms with Gasteiger partial charge in [-0.1, -0.05) is 6.42 Å². The van der Waals surface area contributed by atoms with E-state index in [1.165, 1.54) is 0 Å². The predicted octanol–water partition coefficient (Wildman–Crippen LogP) is -1.00. The first kappa shape index (κ1) is 30.0. The molecule has 1 N–H and O–H groups in total. The van der Waals surface area contributed by atoms with Crippen LogP contribution in [-0.4, -0.2) is 62.3 Å². The number of amides is 2. The summed E-state index contributed by atoms with van der Waals surface area (Å²) in [6.07, 6.45) is 5.45. The van der Waals surface area contributed by atoms with Crippen molar-refractivity contribution in [3.63, 3.8) is 0 Å². The minimum atomic E-state index is -4.19. The first-order valence-electron chi connectivity index (χ1n) is 10.7. The summed E-state index contributed by atoms with van der Waals surface area (Å²) in [5.74, 6) is -0.105. The Kier molecular flexibility index (Phi) is 17.6. The van der Waals surface area contributed by atoms with E-state index < -0.39 is 7.82 Å². The van der Waals surface area contributed by atoms with Crippen molar-refractivity contribution >= 4 is 19.6 Å². The van der Waals surface area contributed by atoms with E-state index in [1.807, 2.05) is 6.92 Å². The van der Waals surface area contributed by atoms with Crippen LogP contribution in [0.4, 0.5) is 0 Å². The van der Waals surface area contributed by atoms with Crippen molar-refractivity contribution in [2.24, 2.45) is 0 Å². The van der Waals surface area contributed by atoms with Gasteiger partial charge >= 0.3 is 29.6 Å². The third kappa shape index (κ3) is 12.8. The van der Waals surface area contributed by atoms with Crippen LogP contribution in [0.1, 0.15) is 65.2 Å². The summed E-state index contributed by atoms with van der Waals surface area (Å²) in [5, 5.41) is 2.92. The molecule has 0 radical (unpaired) electrons. The summed E-state index contributed by atoms with van der Waals surface area (Å²) in [7, 11) is -4.19. The molecule has 9 nitrogen and oxygen atoms in total. The van der Waals surface area contributed by atoms with Gasteiger partial charge in [-0.3, -0.25) is 14.2 Å². The summed E-state index contributed by atoms with van der Waals surface area (Å²) in [6.45, 7) is 6.23. The van der Waals surface area contributed by atoms with E-state index in [-0.39, 0.29) is 60.6 Å². The van der Waals surface area contributed by atoms with Gasteiger partial charge in [-0.15, -0.1) is 0 Å². The molecule has 0 spiro atoms. The van der Waals surface area contributed by atoms with Crippen molar-refractivity contribution in [3.05, 3.63) is 0 Å². The second-order valence-corrected chi connectivity index (χ2v) is 8.36. The van der Waals surface area contributed by atoms with Crippen molar-refractivity contribution in [3.8, 4) is 0 Å². The smallest absolute Gasteiger partial charge is 0.756 e. The number of nitrogens with one attached hydrogen (secondary N) is 1. The molecule has 1 heterocycles. The molecule has 1 rings (SSSR count). The molecule has 0 aromatic heterocycles. The van der Waals surface area contributed by atoms with Gasteiger partial charge in [0.1, 0.15) is 6.04 Å². The number of hydrogen-bond acceptors (Lipinski definition) is 7. The predicted molar refractivity (Wildman–Crippen MR) is 107 cm³/mol. The van der Waals surface area contributed by atoms with Crippen LogP contribution in [0.25, 0.3) is 0 Å². The third-order valence-electron chi connectivity index (χ3n) is 4.67. The van der Waals surface area contributed by atoms with Gasteiger partial charge in [0, 0.05) is 32.7 Å². The van der Waals surface area contributed by atoms with Crippen molar-refractivity contribution in [1.82, 2.24) is 10.2 Å². The van der Waals surface area contributed by atoms with E-state index >= 15 is 0 Å². The summed E-state index contributed by atoms with van der Waals surface area (Å²) in [5.41, 5.74) is 0. The van der Waals surface area contributed by atoms with Crippen molar-refractivity contribution < 1.29 is 62.4 Å². The third-order valence-corrected chi connectivity index (χ3v) is 5.74. The molecule has 0 aliphatic carbocycles. The van der Waals surface area contributed by atoms with Crippen LogP contribution in [-0.2, 0) is 27.9 Å². The first-order chi connectivity index (χ1) is 13.9. The normalized spacial score (nSPS) is 18.0. The molecule has 0 bridgehead atoms. The van der Waals surface area contributed by atoms with Gasteiger partial charge in [-0.2, -0.15) is 0 Å². The molecule has 2 atom stereocenters. The average Bonchev–Trinajstić information content (AvgIpc) is 3.17. The Morgan fingerprint density at radius 2 is 1.80 bits per heavy atom. The van der Waals surface area contributed by atoms with Gasteiger partial charge in [0.25, 0.3) is 7.82 Å². The van der Waals surface area contributed by atoms with Crippen LogP contribution in [0.15, 0.2) is 0 Å². The fraction of sp³-hybridized carbons (Fsp3) is 0.895. The molecule has 1 saturated heterocycles. The Labute approximate surface area is 202 Å². The van der Waals surface area contributed by atoms with Gasteiger partial charge in [0.15, 0.2) is 0 Å². The molecule has 0 aromatic rings. The number of carbonyl (C=O) groups is 2. The zero-order valence-electron chi connectivity index (χ0n) is 18.7. The number of rotatable bonds is 16. The number of hydrogen-bond donors (Lipinski definition) is 1. The van der Waals surface area contributed by atoms with E-state index in [0.29, 0.717) is 58.4 Å². The van der Waals surface area contributed by atoms with Crippen molar-refractivity contribution in [2.45, 2.75) is 71.3 Å². The zero-order chi connectivity index (χ0) is 21.5. The van der Waals surface area contributed by atoms with E-state index in [1.54, 1.807) is 11.8 Å². The minimum absolute atomic E-state index is 0. The van der Waals surface area contributed by atoms with E-state index in [4.69, 9.17) is 9.26 Å². The number of likely N-dealkylation sites (tertiary alicyclic amines) is 1. The fourth-order valence-electron chi connectivity index (χ4n) is 3.21. The first-order valence-corrected chi connectivity index (χ1v) is 12.1. The molecule has 1 unspecified atom stereocenters. The minimum Gasteiger partial charge on any atom is -0.756 e. The molecule has 11 heteroatoms. The molecular formula is C19H36N2NaO7P. The van der Waals surface area contributed by atoms with Crippen LogP contribution in [0.5, 0.6) is 0 Å². The van der Waals surface area contributed by atoms with E-state index in [2.05, 4.69) is 9.84 Å². The summed E-state index contributed by atoms with van der Waals surface area (Å²) in [6, 6.07) is -0.379. The quantitative estimate of drug-likeness (QED) is 0.179. The average molecular weight is 458 g/mol. The molecule has 1 aliphatic rings. The second-order valence-electron chi connectivity index (χ2n) is 6.95. The maximum absolute atomic E-state index is 12.5. The zero-order valence-corrected chi connectivity index (χ0v) is 21.6. The van der Waals surface area contributed by atoms with E-state index in [9.17, 15) is 19.0 Å². The number of phosphoric acid groups is 1. The van der Waals surface area contributed by atoms with E-state index in [0.717, 1.165) is 19.3 Å². The monoisotopic (exact) mass is 458 g/mol. The van der Waals surface area contributed by atoms with Crippen LogP contribution in [0, 0.1) is 0 Å². The second kappa shape index (κ2) is 17.6. The molecule has 30 heavy (non-hydrogen) atoms. The van der Waals surface area contributed by atoms with Crippen molar-refractivity contribution in [1.29, 1.82) is 0 Å². The van der Waals surface area contributed by atoms with Gasteiger partial charge in [-0.25, -0.2) is 0 Å². The van der Waals surface area contributed by atoms with Crippen molar-refractivity contribution in [2.75, 3.05) is 39.5 Å². The van der Waals surface area contributed by atoms with Crippen LogP contribution in [0.3, 0.4) is 0 Å². The summed E-state index contributed by atoms with van der Waals surface area (Å²) >= 11 is 0. The Bertz CT molecular complexity index is 539. The Balaban J connectivity index is 0.00000841. The maximum atomic E-state index is 12.5. The molecular weight excluding hydrogens is 422 g/mol. The van der Waals surface area contributed by atoms with Crippen LogP contribution >= 0.6 is 7.82 Å². The number of ether oxygens (including phenoxy) is 1. The van der Waals surface area contributed by atoms with Gasteiger partial charge in [-0.05, 0) is 52.4 Å². The maximum Gasteiger partial charge on any atom is 1.00 e.